The first-order chi connectivity index (χ1) is 10.3. The molecular formula is C18H19NO2. The fourth-order valence-electron chi connectivity index (χ4n) is 2.89. The predicted octanol–water partition coefficient (Wildman–Crippen LogP) is 3.43. The van der Waals surface area contributed by atoms with E-state index in [-0.39, 0.29) is 5.97 Å². The maximum absolute atomic E-state index is 11.6. The van der Waals surface area contributed by atoms with Crippen LogP contribution in [0.15, 0.2) is 48.5 Å². The molecule has 1 aliphatic heterocycles. The van der Waals surface area contributed by atoms with Crippen LogP contribution >= 0.6 is 0 Å². The SMILES string of the molecule is COC(=O)c1ccc2c(c1)CCCN2Cc1ccccc1. The van der Waals surface area contributed by atoms with Crippen molar-refractivity contribution in [2.75, 3.05) is 18.6 Å². The molecule has 0 saturated heterocycles. The maximum Gasteiger partial charge on any atom is 0.337 e. The summed E-state index contributed by atoms with van der Waals surface area (Å²) in [5, 5.41) is 0. The molecule has 0 N–H and O–H groups in total. The standard InChI is InChI=1S/C18H19NO2/c1-21-18(20)16-9-10-17-15(12-16)8-5-11-19(17)13-14-6-3-2-4-7-14/h2-4,6-7,9-10,12H,5,8,11,13H2,1H3. The van der Waals surface area contributed by atoms with Crippen LogP contribution in [0.3, 0.4) is 0 Å². The molecular weight excluding hydrogens is 262 g/mol. The summed E-state index contributed by atoms with van der Waals surface area (Å²) >= 11 is 0. The van der Waals surface area contributed by atoms with Crippen molar-refractivity contribution >= 4 is 11.7 Å². The van der Waals surface area contributed by atoms with Crippen LogP contribution in [-0.4, -0.2) is 19.6 Å². The summed E-state index contributed by atoms with van der Waals surface area (Å²) in [6.45, 7) is 1.96. The molecule has 108 valence electrons. The van der Waals surface area contributed by atoms with Crippen LogP contribution in [0.2, 0.25) is 0 Å². The number of anilines is 1. The number of methoxy groups -OCH3 is 1. The summed E-state index contributed by atoms with van der Waals surface area (Å²) in [7, 11) is 1.42. The molecule has 0 saturated carbocycles. The van der Waals surface area contributed by atoms with Gasteiger partial charge in [-0.05, 0) is 42.2 Å². The third-order valence-electron chi connectivity index (χ3n) is 3.93. The summed E-state index contributed by atoms with van der Waals surface area (Å²) in [6.07, 6.45) is 2.13. The number of hydrogen-bond donors (Lipinski definition) is 0. The first kappa shape index (κ1) is 13.7. The number of benzene rings is 2. The van der Waals surface area contributed by atoms with E-state index < -0.39 is 0 Å². The average molecular weight is 281 g/mol. The Balaban J connectivity index is 1.86. The molecule has 0 amide bonds. The minimum absolute atomic E-state index is 0.266. The van der Waals surface area contributed by atoms with Gasteiger partial charge in [0.05, 0.1) is 12.7 Å². The predicted molar refractivity (Wildman–Crippen MR) is 83.6 cm³/mol. The molecule has 1 heterocycles. The first-order valence-corrected chi connectivity index (χ1v) is 7.28. The third-order valence-corrected chi connectivity index (χ3v) is 3.93. The van der Waals surface area contributed by atoms with Crippen molar-refractivity contribution in [3.05, 3.63) is 65.2 Å². The minimum Gasteiger partial charge on any atom is -0.465 e. The topological polar surface area (TPSA) is 29.5 Å². The summed E-state index contributed by atoms with van der Waals surface area (Å²) in [6, 6.07) is 16.3. The van der Waals surface area contributed by atoms with Gasteiger partial charge in [0.25, 0.3) is 0 Å². The highest BCUT2D eigenvalue weighted by Gasteiger charge is 2.18. The normalized spacial score (nSPS) is 13.7. The van der Waals surface area contributed by atoms with Crippen molar-refractivity contribution in [1.82, 2.24) is 0 Å². The molecule has 0 bridgehead atoms. The van der Waals surface area contributed by atoms with Crippen LogP contribution in [0, 0.1) is 0 Å². The van der Waals surface area contributed by atoms with Gasteiger partial charge in [0, 0.05) is 18.8 Å². The van der Waals surface area contributed by atoms with Gasteiger partial charge in [-0.3, -0.25) is 0 Å². The average Bonchev–Trinajstić information content (AvgIpc) is 2.55. The van der Waals surface area contributed by atoms with Crippen LogP contribution < -0.4 is 4.90 Å². The highest BCUT2D eigenvalue weighted by molar-refractivity contribution is 5.90. The van der Waals surface area contributed by atoms with Gasteiger partial charge in [0.15, 0.2) is 0 Å². The van der Waals surface area contributed by atoms with Crippen LogP contribution in [0.1, 0.15) is 27.9 Å². The van der Waals surface area contributed by atoms with E-state index in [9.17, 15) is 4.79 Å². The number of esters is 1. The third kappa shape index (κ3) is 2.92. The summed E-state index contributed by atoms with van der Waals surface area (Å²) < 4.78 is 4.80. The van der Waals surface area contributed by atoms with Gasteiger partial charge in [0.2, 0.25) is 0 Å². The van der Waals surface area contributed by atoms with Crippen LogP contribution in [0.25, 0.3) is 0 Å². The fourth-order valence-corrected chi connectivity index (χ4v) is 2.89. The molecule has 0 aliphatic carbocycles. The zero-order valence-electron chi connectivity index (χ0n) is 12.2. The number of rotatable bonds is 3. The molecule has 0 spiro atoms. The van der Waals surface area contributed by atoms with Gasteiger partial charge in [-0.2, -0.15) is 0 Å². The number of carbonyl (C=O) groups excluding carboxylic acids is 1. The van der Waals surface area contributed by atoms with Crippen LogP contribution in [0.4, 0.5) is 5.69 Å². The number of nitrogens with zero attached hydrogens (tertiary/aromatic N) is 1. The molecule has 0 aromatic heterocycles. The van der Waals surface area contributed by atoms with Crippen LogP contribution in [0.5, 0.6) is 0 Å². The Labute approximate surface area is 125 Å². The quantitative estimate of drug-likeness (QED) is 0.807. The van der Waals surface area contributed by atoms with E-state index in [1.54, 1.807) is 0 Å². The Morgan fingerprint density at radius 1 is 1.19 bits per heavy atom. The van der Waals surface area contributed by atoms with Gasteiger partial charge >= 0.3 is 5.97 Å². The Hall–Kier alpha value is -2.29. The Bertz CT molecular complexity index is 637. The minimum atomic E-state index is -0.266. The van der Waals surface area contributed by atoms with Gasteiger partial charge < -0.3 is 9.64 Å². The van der Waals surface area contributed by atoms with Crippen molar-refractivity contribution in [2.24, 2.45) is 0 Å². The van der Waals surface area contributed by atoms with Gasteiger partial charge in [-0.25, -0.2) is 4.79 Å². The molecule has 3 heteroatoms. The number of fused-ring (bicyclic) bond motifs is 1. The summed E-state index contributed by atoms with van der Waals surface area (Å²) in [5.74, 6) is -0.266. The maximum atomic E-state index is 11.6. The second kappa shape index (κ2) is 6.00. The largest absolute Gasteiger partial charge is 0.465 e. The molecule has 0 atom stereocenters. The molecule has 3 rings (SSSR count). The number of hydrogen-bond acceptors (Lipinski definition) is 3. The van der Waals surface area contributed by atoms with E-state index in [0.29, 0.717) is 5.56 Å². The van der Waals surface area contributed by atoms with Crippen molar-refractivity contribution in [3.8, 4) is 0 Å². The highest BCUT2D eigenvalue weighted by atomic mass is 16.5. The summed E-state index contributed by atoms with van der Waals surface area (Å²) in [4.78, 5) is 14.0. The fraction of sp³-hybridized carbons (Fsp3) is 0.278. The molecule has 1 aliphatic rings. The lowest BCUT2D eigenvalue weighted by molar-refractivity contribution is 0.0600. The zero-order valence-corrected chi connectivity index (χ0v) is 12.2. The molecule has 2 aromatic rings. The monoisotopic (exact) mass is 281 g/mol. The number of aryl methyl sites for hydroxylation is 1. The number of carbonyl (C=O) groups is 1. The Morgan fingerprint density at radius 3 is 2.76 bits per heavy atom. The molecule has 3 nitrogen and oxygen atoms in total. The van der Waals surface area contributed by atoms with E-state index in [4.69, 9.17) is 4.74 Å². The molecule has 0 fully saturated rings. The first-order valence-electron chi connectivity index (χ1n) is 7.28. The van der Waals surface area contributed by atoms with E-state index in [1.165, 1.54) is 23.9 Å². The zero-order chi connectivity index (χ0) is 14.7. The van der Waals surface area contributed by atoms with E-state index in [1.807, 2.05) is 24.3 Å². The second-order valence-electron chi connectivity index (χ2n) is 5.35. The molecule has 0 radical (unpaired) electrons. The lowest BCUT2D eigenvalue weighted by Crippen LogP contribution is -2.29. The van der Waals surface area contributed by atoms with Crippen molar-refractivity contribution in [1.29, 1.82) is 0 Å². The second-order valence-corrected chi connectivity index (χ2v) is 5.35. The van der Waals surface area contributed by atoms with Gasteiger partial charge in [0.1, 0.15) is 0 Å². The van der Waals surface area contributed by atoms with Gasteiger partial charge in [-0.1, -0.05) is 30.3 Å². The summed E-state index contributed by atoms with van der Waals surface area (Å²) in [5.41, 5.74) is 4.41. The Kier molecular flexibility index (Phi) is 3.91. The molecule has 0 unspecified atom stereocenters. The molecule has 21 heavy (non-hydrogen) atoms. The van der Waals surface area contributed by atoms with E-state index in [2.05, 4.69) is 29.2 Å². The van der Waals surface area contributed by atoms with Crippen molar-refractivity contribution in [2.45, 2.75) is 19.4 Å². The highest BCUT2D eigenvalue weighted by Crippen LogP contribution is 2.29. The van der Waals surface area contributed by atoms with Crippen LogP contribution in [-0.2, 0) is 17.7 Å². The van der Waals surface area contributed by atoms with Crippen molar-refractivity contribution in [3.63, 3.8) is 0 Å². The van der Waals surface area contributed by atoms with Crippen molar-refractivity contribution < 1.29 is 9.53 Å². The smallest absolute Gasteiger partial charge is 0.337 e. The Morgan fingerprint density at radius 2 is 2.00 bits per heavy atom. The van der Waals surface area contributed by atoms with E-state index in [0.717, 1.165) is 25.9 Å². The lowest BCUT2D eigenvalue weighted by Gasteiger charge is -2.31. The molecule has 2 aromatic carbocycles. The van der Waals surface area contributed by atoms with E-state index >= 15 is 0 Å². The number of ether oxygens (including phenoxy) is 1. The lowest BCUT2D eigenvalue weighted by atomic mass is 9.98. The van der Waals surface area contributed by atoms with Gasteiger partial charge in [-0.15, -0.1) is 0 Å².